The van der Waals surface area contributed by atoms with Crippen molar-refractivity contribution in [2.45, 2.75) is 18.7 Å². The van der Waals surface area contributed by atoms with Crippen LogP contribution in [0.5, 0.6) is 0 Å². The number of rotatable bonds is 3. The van der Waals surface area contributed by atoms with Crippen molar-refractivity contribution in [2.75, 3.05) is 0 Å². The van der Waals surface area contributed by atoms with Crippen LogP contribution in [0.4, 0.5) is 13.2 Å². The van der Waals surface area contributed by atoms with Gasteiger partial charge in [-0.15, -0.1) is 0 Å². The number of nitrogens with one attached hydrogen (secondary N) is 1. The van der Waals surface area contributed by atoms with E-state index in [-0.39, 0.29) is 21.3 Å². The molecule has 1 aromatic heterocycles. The molecule has 0 aliphatic carbocycles. The summed E-state index contributed by atoms with van der Waals surface area (Å²) in [5.41, 5.74) is 1.62. The highest BCUT2D eigenvalue weighted by Crippen LogP contribution is 2.48. The van der Waals surface area contributed by atoms with Gasteiger partial charge >= 0.3 is 6.18 Å². The molecular weight excluding hydrogens is 426 g/mol. The molecule has 1 unspecified atom stereocenters. The molecule has 2 aromatic carbocycles. The molecule has 0 fully saturated rings. The predicted molar refractivity (Wildman–Crippen MR) is 105 cm³/mol. The summed E-state index contributed by atoms with van der Waals surface area (Å²) < 4.78 is 44.2. The first-order valence-corrected chi connectivity index (χ1v) is 9.27. The molecule has 3 aromatic rings. The summed E-state index contributed by atoms with van der Waals surface area (Å²) >= 11 is 11.9. The minimum Gasteiger partial charge on any atom is -0.265 e. The number of halogens is 5. The fourth-order valence-corrected chi connectivity index (χ4v) is 3.85. The number of nitrogens with zero attached hydrogens (tertiary/aromatic N) is 2. The van der Waals surface area contributed by atoms with Crippen LogP contribution in [0.25, 0.3) is 11.4 Å². The molecule has 2 heterocycles. The molecule has 4 nitrogen and oxygen atoms in total. The smallest absolute Gasteiger partial charge is 0.265 e. The van der Waals surface area contributed by atoms with E-state index in [9.17, 15) is 13.2 Å². The number of aryl methyl sites for hydroxylation is 1. The molecular formula is C20H14Cl2F3N3O. The third-order valence-electron chi connectivity index (χ3n) is 4.64. The van der Waals surface area contributed by atoms with Gasteiger partial charge in [-0.3, -0.25) is 10.3 Å². The Balaban J connectivity index is 1.91. The van der Waals surface area contributed by atoms with Gasteiger partial charge in [0.15, 0.2) is 0 Å². The summed E-state index contributed by atoms with van der Waals surface area (Å²) in [6.45, 7) is 1.85. The lowest BCUT2D eigenvalue weighted by atomic mass is 9.91. The Morgan fingerprint density at radius 3 is 2.45 bits per heavy atom. The second-order valence-corrected chi connectivity index (χ2v) is 7.45. The molecule has 150 valence electrons. The van der Waals surface area contributed by atoms with E-state index in [0.717, 1.165) is 11.6 Å². The van der Waals surface area contributed by atoms with Crippen LogP contribution in [0, 0.1) is 6.92 Å². The largest absolute Gasteiger partial charge is 0.428 e. The van der Waals surface area contributed by atoms with E-state index in [0.29, 0.717) is 11.3 Å². The maximum atomic E-state index is 14.2. The van der Waals surface area contributed by atoms with Crippen molar-refractivity contribution in [2.24, 2.45) is 0 Å². The second kappa shape index (κ2) is 7.09. The maximum Gasteiger partial charge on any atom is 0.428 e. The molecule has 0 saturated carbocycles. The Kier molecular flexibility index (Phi) is 4.85. The van der Waals surface area contributed by atoms with Crippen LogP contribution < -0.4 is 5.48 Å². The first-order valence-electron chi connectivity index (χ1n) is 8.51. The third-order valence-corrected chi connectivity index (χ3v) is 5.08. The Morgan fingerprint density at radius 2 is 1.83 bits per heavy atom. The molecule has 0 spiro atoms. The van der Waals surface area contributed by atoms with Crippen molar-refractivity contribution in [3.05, 3.63) is 87.7 Å². The molecule has 0 radical (unpaired) electrons. The molecule has 1 atom stereocenters. The standard InChI is InChI=1S/C20H14Cl2F3N3O/c1-12-4-2-5-16(18(12)28-7-3-6-26-28)17-11-19(29-27-17,20(23,24)25)13-8-14(21)10-15(22)9-13/h2-11,27H,1H3. The molecule has 9 heteroatoms. The van der Waals surface area contributed by atoms with E-state index in [1.165, 1.54) is 18.2 Å². The number of para-hydroxylation sites is 1. The number of hydrogen-bond acceptors (Lipinski definition) is 3. The quantitative estimate of drug-likeness (QED) is 0.558. The van der Waals surface area contributed by atoms with Gasteiger partial charge in [-0.25, -0.2) is 4.68 Å². The Hall–Kier alpha value is -2.48. The minimum atomic E-state index is -4.77. The van der Waals surface area contributed by atoms with Gasteiger partial charge in [-0.2, -0.15) is 18.3 Å². The second-order valence-electron chi connectivity index (χ2n) is 6.58. The first-order chi connectivity index (χ1) is 13.7. The van der Waals surface area contributed by atoms with Crippen LogP contribution in [0.15, 0.2) is 60.9 Å². The van der Waals surface area contributed by atoms with Crippen molar-refractivity contribution in [3.63, 3.8) is 0 Å². The van der Waals surface area contributed by atoms with Gasteiger partial charge in [0.05, 0.1) is 11.4 Å². The highest BCUT2D eigenvalue weighted by Gasteiger charge is 2.59. The van der Waals surface area contributed by atoms with Crippen LogP contribution in [0.1, 0.15) is 16.7 Å². The number of aromatic nitrogens is 2. The van der Waals surface area contributed by atoms with Crippen molar-refractivity contribution in [3.8, 4) is 5.69 Å². The summed E-state index contributed by atoms with van der Waals surface area (Å²) in [5.74, 6) is 0. The van der Waals surface area contributed by atoms with Crippen molar-refractivity contribution in [1.82, 2.24) is 15.3 Å². The molecule has 0 saturated heterocycles. The summed E-state index contributed by atoms with van der Waals surface area (Å²) in [7, 11) is 0. The highest BCUT2D eigenvalue weighted by atomic mass is 35.5. The summed E-state index contributed by atoms with van der Waals surface area (Å²) in [4.78, 5) is 5.17. The molecule has 1 N–H and O–H groups in total. The SMILES string of the molecule is Cc1cccc(C2=CC(c3cc(Cl)cc(Cl)c3)(C(F)(F)F)ON2)c1-n1cccn1. The summed E-state index contributed by atoms with van der Waals surface area (Å²) in [6, 6.07) is 10.8. The van der Waals surface area contributed by atoms with Crippen molar-refractivity contribution in [1.29, 1.82) is 0 Å². The lowest BCUT2D eigenvalue weighted by molar-refractivity contribution is -0.269. The zero-order chi connectivity index (χ0) is 20.8. The molecule has 0 bridgehead atoms. The van der Waals surface area contributed by atoms with E-state index in [1.54, 1.807) is 35.3 Å². The fraction of sp³-hybridized carbons (Fsp3) is 0.150. The number of alkyl halides is 3. The van der Waals surface area contributed by atoms with Crippen molar-refractivity contribution < 1.29 is 18.0 Å². The van der Waals surface area contributed by atoms with Gasteiger partial charge in [0.2, 0.25) is 5.60 Å². The Bertz CT molecular complexity index is 1080. The molecule has 0 amide bonds. The van der Waals surface area contributed by atoms with Gasteiger partial charge in [0.1, 0.15) is 0 Å². The zero-order valence-corrected chi connectivity index (χ0v) is 16.5. The summed E-state index contributed by atoms with van der Waals surface area (Å²) in [5, 5.41) is 4.37. The van der Waals surface area contributed by atoms with Gasteiger partial charge in [-0.05, 0) is 42.8 Å². The third kappa shape index (κ3) is 3.39. The van der Waals surface area contributed by atoms with Gasteiger partial charge < -0.3 is 0 Å². The van der Waals surface area contributed by atoms with Crippen LogP contribution in [0.2, 0.25) is 10.0 Å². The zero-order valence-electron chi connectivity index (χ0n) is 15.0. The number of benzene rings is 2. The molecule has 1 aliphatic rings. The van der Waals surface area contributed by atoms with Crippen molar-refractivity contribution >= 4 is 28.9 Å². The van der Waals surface area contributed by atoms with E-state index in [4.69, 9.17) is 28.0 Å². The highest BCUT2D eigenvalue weighted by molar-refractivity contribution is 6.34. The lowest BCUT2D eigenvalue weighted by Gasteiger charge is -2.28. The topological polar surface area (TPSA) is 39.1 Å². The Morgan fingerprint density at radius 1 is 1.10 bits per heavy atom. The first kappa shape index (κ1) is 19.8. The van der Waals surface area contributed by atoms with E-state index >= 15 is 0 Å². The number of hydroxylamine groups is 1. The van der Waals surface area contributed by atoms with E-state index in [2.05, 4.69) is 10.6 Å². The predicted octanol–water partition coefficient (Wildman–Crippen LogP) is 5.82. The lowest BCUT2D eigenvalue weighted by Crippen LogP contribution is -2.42. The van der Waals surface area contributed by atoms with Gasteiger partial charge in [0.25, 0.3) is 0 Å². The molecule has 1 aliphatic heterocycles. The summed E-state index contributed by atoms with van der Waals surface area (Å²) in [6.07, 6.45) is -0.463. The van der Waals surface area contributed by atoms with E-state index in [1.807, 2.05) is 13.0 Å². The van der Waals surface area contributed by atoms with Gasteiger partial charge in [0, 0.05) is 33.6 Å². The molecule has 4 rings (SSSR count). The average Bonchev–Trinajstić information content (AvgIpc) is 3.31. The Labute approximate surface area is 174 Å². The van der Waals surface area contributed by atoms with Crippen LogP contribution >= 0.6 is 23.2 Å². The van der Waals surface area contributed by atoms with Crippen LogP contribution in [-0.4, -0.2) is 16.0 Å². The van der Waals surface area contributed by atoms with Crippen LogP contribution in [0.3, 0.4) is 0 Å². The van der Waals surface area contributed by atoms with Gasteiger partial charge in [-0.1, -0.05) is 41.4 Å². The molecule has 29 heavy (non-hydrogen) atoms. The minimum absolute atomic E-state index is 0.0781. The normalized spacial score (nSPS) is 19.2. The average molecular weight is 440 g/mol. The maximum absolute atomic E-state index is 14.2. The monoisotopic (exact) mass is 439 g/mol. The fourth-order valence-electron chi connectivity index (χ4n) is 3.33. The van der Waals surface area contributed by atoms with Crippen LogP contribution in [-0.2, 0) is 10.4 Å². The van der Waals surface area contributed by atoms with E-state index < -0.39 is 11.8 Å². The number of hydrogen-bond donors (Lipinski definition) is 1.